The van der Waals surface area contributed by atoms with Crippen molar-refractivity contribution in [1.82, 2.24) is 14.8 Å². The van der Waals surface area contributed by atoms with E-state index >= 15 is 0 Å². The lowest BCUT2D eigenvalue weighted by molar-refractivity contribution is -0.113. The summed E-state index contributed by atoms with van der Waals surface area (Å²) in [6.07, 6.45) is 0.818. The molecule has 0 radical (unpaired) electrons. The van der Waals surface area contributed by atoms with E-state index in [0.29, 0.717) is 23.3 Å². The fourth-order valence-corrected chi connectivity index (χ4v) is 3.63. The van der Waals surface area contributed by atoms with Gasteiger partial charge < -0.3 is 14.6 Å². The van der Waals surface area contributed by atoms with Gasteiger partial charge in [0.25, 0.3) is 0 Å². The number of rotatable bonds is 9. The number of halogens is 1. The van der Waals surface area contributed by atoms with E-state index < -0.39 is 0 Å². The van der Waals surface area contributed by atoms with Crippen molar-refractivity contribution >= 4 is 35.0 Å². The van der Waals surface area contributed by atoms with Crippen molar-refractivity contribution < 1.29 is 9.53 Å². The van der Waals surface area contributed by atoms with Crippen molar-refractivity contribution in [2.75, 3.05) is 24.8 Å². The Hall–Kier alpha value is -2.35. The minimum atomic E-state index is -0.0849. The van der Waals surface area contributed by atoms with Crippen molar-refractivity contribution in [3.8, 4) is 11.4 Å². The average molecular weight is 431 g/mol. The molecule has 3 rings (SSSR count). The first-order chi connectivity index (χ1) is 14.1. The third-order valence-electron chi connectivity index (χ3n) is 4.22. The molecule has 0 bridgehead atoms. The number of nitrogens with zero attached hydrogens (tertiary/aromatic N) is 3. The Labute approximate surface area is 179 Å². The van der Waals surface area contributed by atoms with Crippen LogP contribution in [0.5, 0.6) is 0 Å². The Bertz CT molecular complexity index is 942. The van der Waals surface area contributed by atoms with Gasteiger partial charge in [0.15, 0.2) is 11.0 Å². The Balaban J connectivity index is 1.71. The third-order valence-corrected chi connectivity index (χ3v) is 5.44. The molecule has 29 heavy (non-hydrogen) atoms. The number of anilines is 1. The molecule has 1 amide bonds. The molecule has 0 unspecified atom stereocenters. The Kier molecular flexibility index (Phi) is 7.69. The first-order valence-corrected chi connectivity index (χ1v) is 10.6. The molecule has 0 fully saturated rings. The monoisotopic (exact) mass is 430 g/mol. The number of nitrogens with one attached hydrogen (secondary N) is 1. The van der Waals surface area contributed by atoms with Gasteiger partial charge in [0, 0.05) is 36.5 Å². The van der Waals surface area contributed by atoms with Gasteiger partial charge in [0.2, 0.25) is 5.91 Å². The Morgan fingerprint density at radius 2 is 1.86 bits per heavy atom. The second kappa shape index (κ2) is 10.4. The number of thioether (sulfide) groups is 1. The first-order valence-electron chi connectivity index (χ1n) is 9.24. The normalized spacial score (nSPS) is 10.9. The lowest BCUT2D eigenvalue weighted by Gasteiger charge is -2.10. The molecule has 1 heterocycles. The van der Waals surface area contributed by atoms with Gasteiger partial charge in [-0.2, -0.15) is 0 Å². The fraction of sp³-hybridized carbons (Fsp3) is 0.286. The molecule has 8 heteroatoms. The van der Waals surface area contributed by atoms with Gasteiger partial charge in [-0.05, 0) is 49.7 Å². The van der Waals surface area contributed by atoms with Crippen LogP contribution in [0.2, 0.25) is 5.02 Å². The van der Waals surface area contributed by atoms with E-state index in [2.05, 4.69) is 15.5 Å². The largest absolute Gasteiger partial charge is 0.385 e. The first kappa shape index (κ1) is 21.4. The van der Waals surface area contributed by atoms with Crippen LogP contribution < -0.4 is 5.32 Å². The van der Waals surface area contributed by atoms with Crippen LogP contribution in [0.3, 0.4) is 0 Å². The molecule has 0 aliphatic heterocycles. The summed E-state index contributed by atoms with van der Waals surface area (Å²) in [5, 5.41) is 12.9. The van der Waals surface area contributed by atoms with Gasteiger partial charge in [-0.1, -0.05) is 41.1 Å². The van der Waals surface area contributed by atoms with Crippen molar-refractivity contribution in [3.63, 3.8) is 0 Å². The van der Waals surface area contributed by atoms with Crippen LogP contribution in [-0.4, -0.2) is 40.1 Å². The highest BCUT2D eigenvalue weighted by Crippen LogP contribution is 2.25. The van der Waals surface area contributed by atoms with Gasteiger partial charge >= 0.3 is 0 Å². The van der Waals surface area contributed by atoms with E-state index in [1.54, 1.807) is 7.11 Å². The van der Waals surface area contributed by atoms with Crippen molar-refractivity contribution in [2.45, 2.75) is 25.0 Å². The molecule has 0 spiro atoms. The highest BCUT2D eigenvalue weighted by atomic mass is 35.5. The number of aromatic nitrogens is 3. The number of amides is 1. The minimum absolute atomic E-state index is 0.0849. The second-order valence-electron chi connectivity index (χ2n) is 6.51. The van der Waals surface area contributed by atoms with E-state index in [1.807, 2.05) is 60.0 Å². The van der Waals surface area contributed by atoms with Crippen LogP contribution in [0.15, 0.2) is 53.7 Å². The molecule has 152 valence electrons. The standard InChI is InChI=1S/C21H23ClN4O2S/c1-15-4-10-18(11-5-15)23-19(27)14-29-21-25-24-20(26(21)12-3-13-28-2)16-6-8-17(22)9-7-16/h4-11H,3,12-14H2,1-2H3,(H,23,27). The quantitative estimate of drug-likeness (QED) is 0.394. The Morgan fingerprint density at radius 3 is 2.55 bits per heavy atom. The van der Waals surface area contributed by atoms with Gasteiger partial charge in [-0.25, -0.2) is 0 Å². The molecule has 0 saturated heterocycles. The summed E-state index contributed by atoms with van der Waals surface area (Å²) in [4.78, 5) is 12.3. The van der Waals surface area contributed by atoms with Crippen LogP contribution in [0, 0.1) is 6.92 Å². The van der Waals surface area contributed by atoms with E-state index in [4.69, 9.17) is 16.3 Å². The number of benzene rings is 2. The van der Waals surface area contributed by atoms with Crippen LogP contribution in [0.4, 0.5) is 5.69 Å². The highest BCUT2D eigenvalue weighted by molar-refractivity contribution is 7.99. The summed E-state index contributed by atoms with van der Waals surface area (Å²) in [7, 11) is 1.68. The smallest absolute Gasteiger partial charge is 0.234 e. The lowest BCUT2D eigenvalue weighted by Crippen LogP contribution is -2.14. The molecule has 1 aromatic heterocycles. The maximum Gasteiger partial charge on any atom is 0.234 e. The van der Waals surface area contributed by atoms with E-state index in [9.17, 15) is 4.79 Å². The third kappa shape index (κ3) is 6.06. The van der Waals surface area contributed by atoms with Crippen molar-refractivity contribution in [2.24, 2.45) is 0 Å². The molecular weight excluding hydrogens is 408 g/mol. The number of hydrogen-bond acceptors (Lipinski definition) is 5. The fourth-order valence-electron chi connectivity index (χ4n) is 2.74. The number of carbonyl (C=O) groups is 1. The summed E-state index contributed by atoms with van der Waals surface area (Å²) in [5.41, 5.74) is 2.86. The highest BCUT2D eigenvalue weighted by Gasteiger charge is 2.16. The average Bonchev–Trinajstić information content (AvgIpc) is 3.12. The second-order valence-corrected chi connectivity index (χ2v) is 7.89. The summed E-state index contributed by atoms with van der Waals surface area (Å²) < 4.78 is 7.19. The summed E-state index contributed by atoms with van der Waals surface area (Å²) in [6, 6.07) is 15.2. The minimum Gasteiger partial charge on any atom is -0.385 e. The van der Waals surface area contributed by atoms with Gasteiger partial charge in [0.05, 0.1) is 5.75 Å². The maximum absolute atomic E-state index is 12.3. The molecule has 6 nitrogen and oxygen atoms in total. The number of carbonyl (C=O) groups excluding carboxylic acids is 1. The van der Waals surface area contributed by atoms with E-state index in [0.717, 1.165) is 29.1 Å². The molecule has 3 aromatic rings. The lowest BCUT2D eigenvalue weighted by atomic mass is 10.2. The van der Waals surface area contributed by atoms with Crippen molar-refractivity contribution in [3.05, 3.63) is 59.1 Å². The van der Waals surface area contributed by atoms with E-state index in [-0.39, 0.29) is 11.7 Å². The van der Waals surface area contributed by atoms with Crippen LogP contribution >= 0.6 is 23.4 Å². The molecule has 0 aliphatic carbocycles. The van der Waals surface area contributed by atoms with Crippen molar-refractivity contribution in [1.29, 1.82) is 0 Å². The molecule has 0 aliphatic rings. The molecular formula is C21H23ClN4O2S. The van der Waals surface area contributed by atoms with Gasteiger partial charge in [-0.3, -0.25) is 4.79 Å². The van der Waals surface area contributed by atoms with E-state index in [1.165, 1.54) is 11.8 Å². The topological polar surface area (TPSA) is 69.0 Å². The SMILES string of the molecule is COCCCn1c(SCC(=O)Nc2ccc(C)cc2)nnc1-c1ccc(Cl)cc1. The number of aryl methyl sites for hydroxylation is 1. The number of hydrogen-bond donors (Lipinski definition) is 1. The summed E-state index contributed by atoms with van der Waals surface area (Å²) in [6.45, 7) is 3.34. The van der Waals surface area contributed by atoms with Gasteiger partial charge in [0.1, 0.15) is 0 Å². The zero-order chi connectivity index (χ0) is 20.6. The summed E-state index contributed by atoms with van der Waals surface area (Å²) >= 11 is 7.36. The predicted molar refractivity (Wildman–Crippen MR) is 117 cm³/mol. The summed E-state index contributed by atoms with van der Waals surface area (Å²) in [5.74, 6) is 0.911. The Morgan fingerprint density at radius 1 is 1.14 bits per heavy atom. The van der Waals surface area contributed by atoms with Crippen LogP contribution in [0.25, 0.3) is 11.4 Å². The molecule has 1 N–H and O–H groups in total. The zero-order valence-electron chi connectivity index (χ0n) is 16.4. The maximum atomic E-state index is 12.3. The number of methoxy groups -OCH3 is 1. The van der Waals surface area contributed by atoms with Crippen LogP contribution in [0.1, 0.15) is 12.0 Å². The van der Waals surface area contributed by atoms with Crippen LogP contribution in [-0.2, 0) is 16.1 Å². The molecule has 0 saturated carbocycles. The number of ether oxygens (including phenoxy) is 1. The predicted octanol–water partition coefficient (Wildman–Crippen LogP) is 4.67. The molecule has 2 aromatic carbocycles. The molecule has 0 atom stereocenters. The zero-order valence-corrected chi connectivity index (χ0v) is 18.0. The van der Waals surface area contributed by atoms with Gasteiger partial charge in [-0.15, -0.1) is 10.2 Å².